The highest BCUT2D eigenvalue weighted by Crippen LogP contribution is 2.06. The van der Waals surface area contributed by atoms with Gasteiger partial charge in [-0.15, -0.1) is 0 Å². The summed E-state index contributed by atoms with van der Waals surface area (Å²) in [5.74, 6) is 4.17. The van der Waals surface area contributed by atoms with Gasteiger partial charge in [0, 0.05) is 11.8 Å². The van der Waals surface area contributed by atoms with E-state index in [0.29, 0.717) is 6.29 Å². The van der Waals surface area contributed by atoms with E-state index in [1.165, 1.54) is 12.3 Å². The van der Waals surface area contributed by atoms with E-state index in [9.17, 15) is 9.18 Å². The lowest BCUT2D eigenvalue weighted by atomic mass is 10.1. The van der Waals surface area contributed by atoms with Crippen LogP contribution >= 0.6 is 0 Å². The van der Waals surface area contributed by atoms with Crippen molar-refractivity contribution in [1.82, 2.24) is 4.98 Å². The van der Waals surface area contributed by atoms with Crippen LogP contribution in [-0.2, 0) is 0 Å². The van der Waals surface area contributed by atoms with E-state index in [0.717, 1.165) is 0 Å². The molecule has 1 aromatic heterocycles. The van der Waals surface area contributed by atoms with E-state index in [-0.39, 0.29) is 17.5 Å². The van der Waals surface area contributed by atoms with Gasteiger partial charge in [0.25, 0.3) is 0 Å². The Balaban J connectivity index is 3.11. The molecule has 0 N–H and O–H groups in total. The summed E-state index contributed by atoms with van der Waals surface area (Å²) in [4.78, 5) is 13.8. The van der Waals surface area contributed by atoms with Crippen LogP contribution < -0.4 is 0 Å². The number of aromatic nitrogens is 1. The van der Waals surface area contributed by atoms with Gasteiger partial charge in [-0.3, -0.25) is 4.79 Å². The third-order valence-corrected chi connectivity index (χ3v) is 1.45. The molecule has 0 aliphatic carbocycles. The van der Waals surface area contributed by atoms with E-state index < -0.39 is 5.95 Å². The minimum absolute atomic E-state index is 0.0439. The van der Waals surface area contributed by atoms with Crippen molar-refractivity contribution >= 4 is 6.29 Å². The quantitative estimate of drug-likeness (QED) is 0.379. The van der Waals surface area contributed by atoms with Crippen LogP contribution in [0.1, 0.15) is 22.3 Å². The number of carbonyl (C=O) groups excluding carboxylic acids is 1. The van der Waals surface area contributed by atoms with Gasteiger partial charge in [0.2, 0.25) is 5.95 Å². The van der Waals surface area contributed by atoms with E-state index in [4.69, 9.17) is 5.26 Å². The second-order valence-corrected chi connectivity index (χ2v) is 2.32. The van der Waals surface area contributed by atoms with Gasteiger partial charge in [0.15, 0.2) is 6.29 Å². The monoisotopic (exact) mass is 188 g/mol. The number of nitrogens with zero attached hydrogens (tertiary/aromatic N) is 2. The molecule has 0 aliphatic rings. The number of halogens is 1. The summed E-state index contributed by atoms with van der Waals surface area (Å²) in [6.45, 7) is 0. The second-order valence-electron chi connectivity index (χ2n) is 2.32. The minimum atomic E-state index is -0.844. The lowest BCUT2D eigenvalue weighted by molar-refractivity contribution is 0.111. The van der Waals surface area contributed by atoms with Gasteiger partial charge in [0.1, 0.15) is 0 Å². The van der Waals surface area contributed by atoms with Crippen molar-refractivity contribution in [2.75, 3.05) is 0 Å². The predicted molar refractivity (Wildman–Crippen MR) is 46.7 cm³/mol. The van der Waals surface area contributed by atoms with Crippen LogP contribution in [0.25, 0.3) is 0 Å². The first-order chi connectivity index (χ1) is 6.79. The molecular weight excluding hydrogens is 183 g/mol. The van der Waals surface area contributed by atoms with Gasteiger partial charge < -0.3 is 0 Å². The summed E-state index contributed by atoms with van der Waals surface area (Å²) in [6, 6.07) is 3.25. The van der Waals surface area contributed by atoms with Crippen molar-refractivity contribution in [1.29, 1.82) is 5.26 Å². The van der Waals surface area contributed by atoms with Gasteiger partial charge in [-0.2, -0.15) is 9.65 Å². The van der Waals surface area contributed by atoms with Crippen molar-refractivity contribution in [3.05, 3.63) is 29.3 Å². The largest absolute Gasteiger partial charge is 0.298 e. The zero-order valence-electron chi connectivity index (χ0n) is 7.12. The van der Waals surface area contributed by atoms with Crippen molar-refractivity contribution < 1.29 is 9.18 Å². The number of carbonyl (C=O) groups is 1. The van der Waals surface area contributed by atoms with Crippen LogP contribution in [0.3, 0.4) is 0 Å². The maximum atomic E-state index is 12.9. The summed E-state index contributed by atoms with van der Waals surface area (Å²) >= 11 is 0. The molecular formula is C10H5FN2O. The summed E-state index contributed by atoms with van der Waals surface area (Å²) in [5, 5.41) is 8.22. The Kier molecular flexibility index (Phi) is 3.34. The fourth-order valence-corrected chi connectivity index (χ4v) is 0.848. The molecule has 0 amide bonds. The molecule has 0 fully saturated rings. The fraction of sp³-hybridized carbons (Fsp3) is 0.100. The fourth-order valence-electron chi connectivity index (χ4n) is 0.848. The highest BCUT2D eigenvalue weighted by atomic mass is 19.1. The van der Waals surface area contributed by atoms with Crippen LogP contribution in [0.5, 0.6) is 0 Å². The molecule has 1 aromatic rings. The highest BCUT2D eigenvalue weighted by molar-refractivity contribution is 5.79. The molecule has 0 aliphatic heterocycles. The van der Waals surface area contributed by atoms with E-state index in [1.54, 1.807) is 0 Å². The summed E-state index contributed by atoms with van der Waals surface area (Å²) in [7, 11) is 0. The Hall–Kier alpha value is -2.20. The Morgan fingerprint density at radius 1 is 1.64 bits per heavy atom. The number of aldehydes is 1. The SMILES string of the molecule is N#CCC#Cc1ccnc(F)c1C=O. The van der Waals surface area contributed by atoms with Crippen molar-refractivity contribution in [3.8, 4) is 17.9 Å². The van der Waals surface area contributed by atoms with Crippen LogP contribution in [-0.4, -0.2) is 11.3 Å². The summed E-state index contributed by atoms with van der Waals surface area (Å²) < 4.78 is 12.9. The maximum Gasteiger partial charge on any atom is 0.224 e. The first kappa shape index (κ1) is 9.88. The number of hydrogen-bond acceptors (Lipinski definition) is 3. The molecule has 0 aromatic carbocycles. The molecule has 0 saturated carbocycles. The molecule has 0 unspecified atom stereocenters. The molecule has 1 rings (SSSR count). The zero-order valence-corrected chi connectivity index (χ0v) is 7.12. The molecule has 4 heteroatoms. The maximum absolute atomic E-state index is 12.9. The second kappa shape index (κ2) is 4.74. The standard InChI is InChI=1S/C10H5FN2O/c11-10-9(7-14)8(4-6-13-10)3-1-2-5-12/h4,6-7H,2H2. The smallest absolute Gasteiger partial charge is 0.224 e. The van der Waals surface area contributed by atoms with Gasteiger partial charge in [-0.25, -0.2) is 4.98 Å². The lowest BCUT2D eigenvalue weighted by Crippen LogP contribution is -1.95. The van der Waals surface area contributed by atoms with Crippen LogP contribution in [0.2, 0.25) is 0 Å². The van der Waals surface area contributed by atoms with Crippen LogP contribution in [0.4, 0.5) is 4.39 Å². The average Bonchev–Trinajstić information content (AvgIpc) is 2.18. The number of pyridine rings is 1. The number of hydrogen-bond donors (Lipinski definition) is 0. The molecule has 0 bridgehead atoms. The van der Waals surface area contributed by atoms with Crippen LogP contribution in [0.15, 0.2) is 12.3 Å². The Bertz CT molecular complexity index is 451. The third kappa shape index (κ3) is 2.15. The molecule has 0 atom stereocenters. The summed E-state index contributed by atoms with van der Waals surface area (Å²) in [5.41, 5.74) is 0.0840. The number of nitriles is 1. The van der Waals surface area contributed by atoms with E-state index >= 15 is 0 Å². The first-order valence-electron chi connectivity index (χ1n) is 3.75. The minimum Gasteiger partial charge on any atom is -0.298 e. The van der Waals surface area contributed by atoms with Crippen molar-refractivity contribution in [3.63, 3.8) is 0 Å². The Morgan fingerprint density at radius 3 is 3.07 bits per heavy atom. The highest BCUT2D eigenvalue weighted by Gasteiger charge is 2.05. The van der Waals surface area contributed by atoms with Gasteiger partial charge in [-0.1, -0.05) is 11.8 Å². The van der Waals surface area contributed by atoms with Gasteiger partial charge in [0.05, 0.1) is 18.1 Å². The molecule has 14 heavy (non-hydrogen) atoms. The van der Waals surface area contributed by atoms with E-state index in [2.05, 4.69) is 16.8 Å². The average molecular weight is 188 g/mol. The molecule has 0 spiro atoms. The van der Waals surface area contributed by atoms with Gasteiger partial charge in [-0.05, 0) is 6.07 Å². The first-order valence-corrected chi connectivity index (χ1v) is 3.75. The predicted octanol–water partition coefficient (Wildman–Crippen LogP) is 1.30. The Morgan fingerprint density at radius 2 is 2.43 bits per heavy atom. The third-order valence-electron chi connectivity index (χ3n) is 1.45. The Labute approximate surface area is 80.2 Å². The zero-order chi connectivity index (χ0) is 10.4. The number of rotatable bonds is 1. The molecule has 68 valence electrons. The van der Waals surface area contributed by atoms with E-state index in [1.807, 2.05) is 6.07 Å². The van der Waals surface area contributed by atoms with Crippen LogP contribution in [0, 0.1) is 29.1 Å². The molecule has 3 nitrogen and oxygen atoms in total. The summed E-state index contributed by atoms with van der Waals surface area (Å²) in [6.07, 6.45) is 1.62. The molecule has 0 radical (unpaired) electrons. The normalized spacial score (nSPS) is 8.29. The lowest BCUT2D eigenvalue weighted by Gasteiger charge is -1.95. The van der Waals surface area contributed by atoms with Crippen molar-refractivity contribution in [2.24, 2.45) is 0 Å². The molecule has 1 heterocycles. The molecule has 0 saturated heterocycles. The van der Waals surface area contributed by atoms with Crippen molar-refractivity contribution in [2.45, 2.75) is 6.42 Å². The topological polar surface area (TPSA) is 53.8 Å². The van der Waals surface area contributed by atoms with Gasteiger partial charge >= 0.3 is 0 Å².